The van der Waals surface area contributed by atoms with E-state index in [2.05, 4.69) is 26.3 Å². The average Bonchev–Trinajstić information content (AvgIpc) is 3.24. The number of carbonyl (C=O) groups is 1. The van der Waals surface area contributed by atoms with Crippen molar-refractivity contribution in [1.29, 1.82) is 0 Å². The molecule has 0 spiro atoms. The van der Waals surface area contributed by atoms with Crippen molar-refractivity contribution in [2.24, 2.45) is 23.7 Å². The Bertz CT molecular complexity index is 908. The molecule has 2 aromatic heterocycles. The van der Waals surface area contributed by atoms with E-state index >= 15 is 0 Å². The molecular weight excluding hydrogens is 428 g/mol. The van der Waals surface area contributed by atoms with Gasteiger partial charge in [-0.1, -0.05) is 0 Å². The SMILES string of the molecule is O=C(NC1C2CC3CC(C2)CC1C3)c1ccc(Cn2cc(Br)c([N+](=O)[O-])n2)o1. The molecule has 1 N–H and O–H groups in total. The summed E-state index contributed by atoms with van der Waals surface area (Å²) in [6.07, 6.45) is 7.89. The predicted octanol–water partition coefficient (Wildman–Crippen LogP) is 3.75. The first-order chi connectivity index (χ1) is 13.5. The van der Waals surface area contributed by atoms with Gasteiger partial charge in [0.25, 0.3) is 5.91 Å². The van der Waals surface area contributed by atoms with Crippen LogP contribution in [0.5, 0.6) is 0 Å². The third-order valence-electron chi connectivity index (χ3n) is 6.60. The van der Waals surface area contributed by atoms with Crippen LogP contribution >= 0.6 is 15.9 Å². The summed E-state index contributed by atoms with van der Waals surface area (Å²) in [5.74, 6) is 3.34. The molecule has 4 saturated carbocycles. The fourth-order valence-corrected chi connectivity index (χ4v) is 6.18. The number of nitro groups is 1. The number of aromatic nitrogens is 2. The van der Waals surface area contributed by atoms with Gasteiger partial charge >= 0.3 is 5.82 Å². The molecule has 2 heterocycles. The minimum absolute atomic E-state index is 0.170. The van der Waals surface area contributed by atoms with E-state index in [0.29, 0.717) is 22.1 Å². The number of halogens is 1. The Kier molecular flexibility index (Phi) is 4.30. The monoisotopic (exact) mass is 448 g/mol. The quantitative estimate of drug-likeness (QED) is 0.553. The maximum atomic E-state index is 12.7. The van der Waals surface area contributed by atoms with E-state index < -0.39 is 4.92 Å². The minimum Gasteiger partial charge on any atom is -0.454 e. The molecule has 4 aliphatic carbocycles. The van der Waals surface area contributed by atoms with Gasteiger partial charge in [-0.25, -0.2) is 0 Å². The van der Waals surface area contributed by atoms with Gasteiger partial charge in [0.2, 0.25) is 0 Å². The average molecular weight is 449 g/mol. The smallest absolute Gasteiger partial charge is 0.404 e. The van der Waals surface area contributed by atoms with Crippen LogP contribution < -0.4 is 5.32 Å². The number of hydrogen-bond donors (Lipinski definition) is 1. The Morgan fingerprint density at radius 1 is 1.25 bits per heavy atom. The number of nitrogens with one attached hydrogen (secondary N) is 1. The maximum Gasteiger partial charge on any atom is 0.404 e. The molecule has 6 rings (SSSR count). The number of amides is 1. The van der Waals surface area contributed by atoms with Crippen molar-refractivity contribution in [2.45, 2.75) is 44.7 Å². The van der Waals surface area contributed by atoms with E-state index in [1.54, 1.807) is 12.1 Å². The van der Waals surface area contributed by atoms with Crippen molar-refractivity contribution >= 4 is 27.7 Å². The zero-order valence-electron chi connectivity index (χ0n) is 15.2. The molecular formula is C19H21BrN4O4. The first-order valence-electron chi connectivity index (χ1n) is 9.73. The largest absolute Gasteiger partial charge is 0.454 e. The fraction of sp³-hybridized carbons (Fsp3) is 0.579. The molecule has 28 heavy (non-hydrogen) atoms. The van der Waals surface area contributed by atoms with Gasteiger partial charge in [-0.3, -0.25) is 4.79 Å². The molecule has 4 fully saturated rings. The third-order valence-corrected chi connectivity index (χ3v) is 7.16. The Hall–Kier alpha value is -2.16. The molecule has 0 aliphatic heterocycles. The summed E-state index contributed by atoms with van der Waals surface area (Å²) < 4.78 is 7.42. The summed E-state index contributed by atoms with van der Waals surface area (Å²) in [4.78, 5) is 23.1. The van der Waals surface area contributed by atoms with Crippen molar-refractivity contribution in [1.82, 2.24) is 15.1 Å². The van der Waals surface area contributed by atoms with Gasteiger partial charge < -0.3 is 19.8 Å². The van der Waals surface area contributed by atoms with Crippen LogP contribution in [0.1, 0.15) is 48.4 Å². The summed E-state index contributed by atoms with van der Waals surface area (Å²) in [6.45, 7) is 0.220. The lowest BCUT2D eigenvalue weighted by Gasteiger charge is -2.54. The highest BCUT2D eigenvalue weighted by atomic mass is 79.9. The summed E-state index contributed by atoms with van der Waals surface area (Å²) in [5, 5.41) is 18.0. The van der Waals surface area contributed by atoms with E-state index in [4.69, 9.17) is 4.42 Å². The molecule has 0 aromatic carbocycles. The summed E-state index contributed by atoms with van der Waals surface area (Å²) >= 11 is 3.13. The summed E-state index contributed by atoms with van der Waals surface area (Å²) in [6, 6.07) is 3.64. The van der Waals surface area contributed by atoms with Crippen LogP contribution in [0.4, 0.5) is 5.82 Å². The van der Waals surface area contributed by atoms with Crippen LogP contribution in [0.3, 0.4) is 0 Å². The Balaban J connectivity index is 1.25. The maximum absolute atomic E-state index is 12.7. The molecule has 4 bridgehead atoms. The molecule has 9 heteroatoms. The van der Waals surface area contributed by atoms with Crippen molar-refractivity contribution in [3.8, 4) is 0 Å². The third kappa shape index (κ3) is 3.15. The zero-order valence-corrected chi connectivity index (χ0v) is 16.8. The summed E-state index contributed by atoms with van der Waals surface area (Å²) in [5.41, 5.74) is 0. The van der Waals surface area contributed by atoms with Crippen molar-refractivity contribution in [3.05, 3.63) is 44.4 Å². The van der Waals surface area contributed by atoms with E-state index in [-0.39, 0.29) is 30.1 Å². The Morgan fingerprint density at radius 3 is 2.54 bits per heavy atom. The van der Waals surface area contributed by atoms with E-state index in [0.717, 1.165) is 11.8 Å². The normalized spacial score (nSPS) is 30.5. The number of carbonyl (C=O) groups excluding carboxylic acids is 1. The van der Waals surface area contributed by atoms with Crippen molar-refractivity contribution in [3.63, 3.8) is 0 Å². The van der Waals surface area contributed by atoms with Gasteiger partial charge in [-0.2, -0.15) is 4.68 Å². The second-order valence-electron chi connectivity index (χ2n) is 8.45. The van der Waals surface area contributed by atoms with Crippen LogP contribution in [-0.4, -0.2) is 26.7 Å². The molecule has 0 unspecified atom stereocenters. The second kappa shape index (κ2) is 6.72. The Morgan fingerprint density at radius 2 is 1.93 bits per heavy atom. The molecule has 0 radical (unpaired) electrons. The molecule has 8 nitrogen and oxygen atoms in total. The first-order valence-corrected chi connectivity index (χ1v) is 10.5. The van der Waals surface area contributed by atoms with Gasteiger partial charge in [-0.15, -0.1) is 0 Å². The molecule has 0 atom stereocenters. The number of furan rings is 1. The lowest BCUT2D eigenvalue weighted by Crippen LogP contribution is -2.55. The highest BCUT2D eigenvalue weighted by Gasteiger charge is 2.48. The van der Waals surface area contributed by atoms with E-state index in [1.165, 1.54) is 43.0 Å². The minimum atomic E-state index is -0.549. The van der Waals surface area contributed by atoms with Crippen LogP contribution in [0.15, 0.2) is 27.2 Å². The van der Waals surface area contributed by atoms with Crippen molar-refractivity contribution < 1.29 is 14.1 Å². The molecule has 1 amide bonds. The number of hydrogen-bond acceptors (Lipinski definition) is 5. The molecule has 0 saturated heterocycles. The second-order valence-corrected chi connectivity index (χ2v) is 9.31. The van der Waals surface area contributed by atoms with Gasteiger partial charge in [0, 0.05) is 6.04 Å². The lowest BCUT2D eigenvalue weighted by atomic mass is 9.54. The van der Waals surface area contributed by atoms with Gasteiger partial charge in [0.05, 0.1) is 11.3 Å². The van der Waals surface area contributed by atoms with Gasteiger partial charge in [0.1, 0.15) is 16.8 Å². The van der Waals surface area contributed by atoms with Gasteiger partial charge in [0.15, 0.2) is 5.76 Å². The van der Waals surface area contributed by atoms with E-state index in [1.807, 2.05) is 0 Å². The van der Waals surface area contributed by atoms with Crippen LogP contribution in [0.2, 0.25) is 0 Å². The zero-order chi connectivity index (χ0) is 19.4. The Labute approximate surface area is 169 Å². The molecule has 4 aliphatic rings. The van der Waals surface area contributed by atoms with E-state index in [9.17, 15) is 14.9 Å². The van der Waals surface area contributed by atoms with Crippen LogP contribution in [0.25, 0.3) is 0 Å². The predicted molar refractivity (Wildman–Crippen MR) is 103 cm³/mol. The number of nitrogens with zero attached hydrogens (tertiary/aromatic N) is 3. The highest BCUT2D eigenvalue weighted by molar-refractivity contribution is 9.10. The highest BCUT2D eigenvalue weighted by Crippen LogP contribution is 2.53. The molecule has 2 aromatic rings. The number of rotatable bonds is 5. The topological polar surface area (TPSA) is 103 Å². The lowest BCUT2D eigenvalue weighted by molar-refractivity contribution is -0.390. The molecule has 148 valence electrons. The first kappa shape index (κ1) is 17.9. The fourth-order valence-electron chi connectivity index (χ4n) is 5.72. The standard InChI is InChI=1S/C19H21BrN4O4/c20-15-9-23(22-18(15)24(26)27)8-14-1-2-16(28-14)19(25)21-17-12-4-10-3-11(6-12)7-13(17)5-10/h1-2,9-13,17H,3-8H2,(H,21,25). The van der Waals surface area contributed by atoms with Gasteiger partial charge in [-0.05, 0) is 88.8 Å². The van der Waals surface area contributed by atoms with Crippen LogP contribution in [-0.2, 0) is 6.54 Å². The van der Waals surface area contributed by atoms with Crippen molar-refractivity contribution in [2.75, 3.05) is 0 Å². The van der Waals surface area contributed by atoms with Crippen LogP contribution in [0, 0.1) is 33.8 Å². The summed E-state index contributed by atoms with van der Waals surface area (Å²) in [7, 11) is 0.